The number of fused-ring (bicyclic) bond motifs is 1. The van der Waals surface area contributed by atoms with E-state index in [1.165, 1.54) is 0 Å². The highest BCUT2D eigenvalue weighted by Crippen LogP contribution is 2.45. The van der Waals surface area contributed by atoms with Crippen molar-refractivity contribution in [1.82, 2.24) is 15.1 Å². The van der Waals surface area contributed by atoms with Gasteiger partial charge in [0.25, 0.3) is 5.91 Å². The van der Waals surface area contributed by atoms with E-state index in [9.17, 15) is 9.90 Å². The summed E-state index contributed by atoms with van der Waals surface area (Å²) in [6.45, 7) is 9.15. The molecule has 6 nitrogen and oxygen atoms in total. The summed E-state index contributed by atoms with van der Waals surface area (Å²) in [4.78, 5) is 15.1. The lowest BCUT2D eigenvalue weighted by Crippen LogP contribution is -2.30. The van der Waals surface area contributed by atoms with Gasteiger partial charge in [0, 0.05) is 17.7 Å². The largest absolute Gasteiger partial charge is 0.507 e. The molecule has 156 valence electrons. The first-order chi connectivity index (χ1) is 14.5. The number of phenolic OH excluding ortho intramolecular Hbond substituents is 1. The third-order valence-electron chi connectivity index (χ3n) is 5.53. The van der Waals surface area contributed by atoms with Crippen LogP contribution >= 0.6 is 0 Å². The number of aromatic amines is 1. The number of aromatic hydroxyl groups is 1. The van der Waals surface area contributed by atoms with Gasteiger partial charge in [-0.1, -0.05) is 25.1 Å². The molecule has 1 amide bonds. The van der Waals surface area contributed by atoms with Crippen LogP contribution in [-0.2, 0) is 0 Å². The van der Waals surface area contributed by atoms with Gasteiger partial charge >= 0.3 is 0 Å². The van der Waals surface area contributed by atoms with Crippen LogP contribution in [0.15, 0.2) is 36.4 Å². The standard InChI is InChI=1S/C24H27N3O3/c1-5-11-27-23(16-7-9-17(10-8-16)30-6-2)20-21(25-26-22(20)24(27)29)19-15(4)12-14(3)13-18(19)28/h7-10,12-13,23,28H,5-6,11H2,1-4H3,(H,25,26). The molecule has 0 spiro atoms. The number of H-pyrrole nitrogens is 1. The molecule has 30 heavy (non-hydrogen) atoms. The second-order valence-corrected chi connectivity index (χ2v) is 7.74. The van der Waals surface area contributed by atoms with Crippen molar-refractivity contribution in [1.29, 1.82) is 0 Å². The zero-order valence-corrected chi connectivity index (χ0v) is 17.8. The SMILES string of the molecule is CCCN1C(=O)c2[nH]nc(-c3c(C)cc(C)cc3O)c2C1c1ccc(OCC)cc1. The van der Waals surface area contributed by atoms with Gasteiger partial charge in [-0.2, -0.15) is 5.10 Å². The van der Waals surface area contributed by atoms with E-state index in [4.69, 9.17) is 4.74 Å². The average molecular weight is 405 g/mol. The predicted octanol–water partition coefficient (Wildman–Crippen LogP) is 4.75. The summed E-state index contributed by atoms with van der Waals surface area (Å²) in [6, 6.07) is 11.3. The minimum Gasteiger partial charge on any atom is -0.507 e. The van der Waals surface area contributed by atoms with E-state index in [1.54, 1.807) is 6.07 Å². The quantitative estimate of drug-likeness (QED) is 0.620. The summed E-state index contributed by atoms with van der Waals surface area (Å²) in [6.07, 6.45) is 0.848. The Hall–Kier alpha value is -3.28. The number of carbonyl (C=O) groups excluding carboxylic acids is 1. The molecule has 2 aromatic carbocycles. The Bertz CT molecular complexity index is 1060. The van der Waals surface area contributed by atoms with Crippen molar-refractivity contribution in [2.24, 2.45) is 0 Å². The third kappa shape index (κ3) is 3.22. The van der Waals surface area contributed by atoms with Crippen molar-refractivity contribution < 1.29 is 14.6 Å². The number of phenols is 1. The Morgan fingerprint density at radius 3 is 2.53 bits per heavy atom. The first-order valence-corrected chi connectivity index (χ1v) is 10.4. The van der Waals surface area contributed by atoms with Gasteiger partial charge in [0.15, 0.2) is 0 Å². The van der Waals surface area contributed by atoms with Crippen molar-refractivity contribution in [3.05, 3.63) is 64.3 Å². The second kappa shape index (κ2) is 7.86. The number of hydrogen-bond acceptors (Lipinski definition) is 4. The highest BCUT2D eigenvalue weighted by Gasteiger charge is 2.42. The number of hydrogen-bond donors (Lipinski definition) is 2. The van der Waals surface area contributed by atoms with Gasteiger partial charge in [0.2, 0.25) is 0 Å². The number of aryl methyl sites for hydroxylation is 2. The summed E-state index contributed by atoms with van der Waals surface area (Å²) < 4.78 is 5.58. The summed E-state index contributed by atoms with van der Waals surface area (Å²) >= 11 is 0. The maximum Gasteiger partial charge on any atom is 0.273 e. The lowest BCUT2D eigenvalue weighted by Gasteiger charge is -2.26. The summed E-state index contributed by atoms with van der Waals surface area (Å²) in [5.74, 6) is 0.912. The molecule has 1 aliphatic heterocycles. The van der Waals surface area contributed by atoms with E-state index in [0.717, 1.165) is 34.4 Å². The zero-order chi connectivity index (χ0) is 21.4. The fourth-order valence-corrected chi connectivity index (χ4v) is 4.37. The van der Waals surface area contributed by atoms with Crippen LogP contribution in [-0.4, -0.2) is 39.3 Å². The van der Waals surface area contributed by atoms with Crippen LogP contribution in [0.3, 0.4) is 0 Å². The summed E-state index contributed by atoms with van der Waals surface area (Å²) in [5.41, 5.74) is 5.51. The highest BCUT2D eigenvalue weighted by molar-refractivity contribution is 6.00. The van der Waals surface area contributed by atoms with Crippen molar-refractivity contribution in [2.45, 2.75) is 40.2 Å². The molecule has 0 saturated heterocycles. The number of nitrogens with zero attached hydrogens (tertiary/aromatic N) is 2. The molecule has 0 aliphatic carbocycles. The molecule has 0 saturated carbocycles. The van der Waals surface area contributed by atoms with E-state index in [-0.39, 0.29) is 17.7 Å². The lowest BCUT2D eigenvalue weighted by molar-refractivity contribution is 0.0744. The minimum absolute atomic E-state index is 0.0614. The Kier molecular flexibility index (Phi) is 5.24. The first kappa shape index (κ1) is 20.0. The van der Waals surface area contributed by atoms with Crippen LogP contribution in [0.5, 0.6) is 11.5 Å². The zero-order valence-electron chi connectivity index (χ0n) is 17.8. The van der Waals surface area contributed by atoms with Crippen molar-refractivity contribution in [2.75, 3.05) is 13.2 Å². The predicted molar refractivity (Wildman–Crippen MR) is 116 cm³/mol. The van der Waals surface area contributed by atoms with Gasteiger partial charge in [-0.15, -0.1) is 0 Å². The molecule has 0 radical (unpaired) electrons. The van der Waals surface area contributed by atoms with Gasteiger partial charge in [-0.25, -0.2) is 0 Å². The Balaban J connectivity index is 1.88. The molecule has 2 heterocycles. The number of amides is 1. The van der Waals surface area contributed by atoms with Gasteiger partial charge in [-0.3, -0.25) is 9.89 Å². The van der Waals surface area contributed by atoms with Crippen LogP contribution in [0.2, 0.25) is 0 Å². The lowest BCUT2D eigenvalue weighted by atomic mass is 9.93. The molecule has 1 aliphatic rings. The number of aromatic nitrogens is 2. The number of nitrogens with one attached hydrogen (secondary N) is 1. The fraction of sp³-hybridized carbons (Fsp3) is 0.333. The number of ether oxygens (including phenoxy) is 1. The average Bonchev–Trinajstić information content (AvgIpc) is 3.23. The molecule has 6 heteroatoms. The van der Waals surface area contributed by atoms with Gasteiger partial charge in [0.05, 0.1) is 12.6 Å². The number of rotatable bonds is 6. The fourth-order valence-electron chi connectivity index (χ4n) is 4.37. The Morgan fingerprint density at radius 1 is 1.17 bits per heavy atom. The minimum atomic E-state index is -0.267. The van der Waals surface area contributed by atoms with E-state index in [2.05, 4.69) is 17.1 Å². The Labute approximate surface area is 176 Å². The van der Waals surface area contributed by atoms with Crippen molar-refractivity contribution in [3.8, 4) is 22.8 Å². The molecular formula is C24H27N3O3. The van der Waals surface area contributed by atoms with E-state index in [1.807, 2.05) is 56.0 Å². The smallest absolute Gasteiger partial charge is 0.273 e. The van der Waals surface area contributed by atoms with Crippen LogP contribution in [0.4, 0.5) is 0 Å². The van der Waals surface area contributed by atoms with Crippen LogP contribution in [0.1, 0.15) is 59.1 Å². The summed E-state index contributed by atoms with van der Waals surface area (Å²) in [7, 11) is 0. The number of carbonyl (C=O) groups is 1. The van der Waals surface area contributed by atoms with Gasteiger partial charge in [0.1, 0.15) is 22.9 Å². The van der Waals surface area contributed by atoms with E-state index < -0.39 is 0 Å². The maximum atomic E-state index is 13.2. The highest BCUT2D eigenvalue weighted by atomic mass is 16.5. The molecular weight excluding hydrogens is 378 g/mol. The molecule has 0 bridgehead atoms. The van der Waals surface area contributed by atoms with Gasteiger partial charge in [-0.05, 0) is 62.1 Å². The van der Waals surface area contributed by atoms with Crippen LogP contribution in [0.25, 0.3) is 11.3 Å². The van der Waals surface area contributed by atoms with E-state index >= 15 is 0 Å². The van der Waals surface area contributed by atoms with Crippen molar-refractivity contribution in [3.63, 3.8) is 0 Å². The first-order valence-electron chi connectivity index (χ1n) is 10.4. The molecule has 4 rings (SSSR count). The van der Waals surface area contributed by atoms with Crippen LogP contribution < -0.4 is 4.74 Å². The Morgan fingerprint density at radius 2 is 1.90 bits per heavy atom. The monoisotopic (exact) mass is 405 g/mol. The number of benzene rings is 2. The van der Waals surface area contributed by atoms with Gasteiger partial charge < -0.3 is 14.7 Å². The van der Waals surface area contributed by atoms with Crippen LogP contribution in [0, 0.1) is 13.8 Å². The maximum absolute atomic E-state index is 13.2. The van der Waals surface area contributed by atoms with E-state index in [0.29, 0.717) is 30.1 Å². The molecule has 1 atom stereocenters. The normalized spacial score (nSPS) is 15.5. The molecule has 3 aromatic rings. The summed E-state index contributed by atoms with van der Waals surface area (Å²) in [5, 5.41) is 18.1. The molecule has 0 fully saturated rings. The molecule has 1 aromatic heterocycles. The second-order valence-electron chi connectivity index (χ2n) is 7.74. The van der Waals surface area contributed by atoms with Crippen molar-refractivity contribution >= 4 is 5.91 Å². The molecule has 1 unspecified atom stereocenters. The topological polar surface area (TPSA) is 78.5 Å². The third-order valence-corrected chi connectivity index (χ3v) is 5.53. The molecule has 2 N–H and O–H groups in total.